The van der Waals surface area contributed by atoms with E-state index in [-0.39, 0.29) is 6.42 Å². The summed E-state index contributed by atoms with van der Waals surface area (Å²) in [6.45, 7) is 26.7. The number of allylic oxidation sites excluding steroid dienone is 21. The number of rotatable bonds is 45. The van der Waals surface area contributed by atoms with Gasteiger partial charge in [0.15, 0.2) is 25.2 Å². The molecule has 26 heteroatoms. The van der Waals surface area contributed by atoms with E-state index in [0.717, 1.165) is 121 Å². The third-order valence-electron chi connectivity index (χ3n) is 19.5. The van der Waals surface area contributed by atoms with Gasteiger partial charge in [0, 0.05) is 6.42 Å². The molecule has 0 saturated carbocycles. The summed E-state index contributed by atoms with van der Waals surface area (Å²) in [6.07, 6.45) is 13.2. The molecule has 4 fully saturated rings. The van der Waals surface area contributed by atoms with Crippen molar-refractivity contribution in [2.75, 3.05) is 19.8 Å². The van der Waals surface area contributed by atoms with Crippen LogP contribution in [0.5, 0.6) is 0 Å². The van der Waals surface area contributed by atoms with Crippen LogP contribution < -0.4 is 0 Å². The molecular weight excluding hydrogens is 1390 g/mol. The molecule has 4 rings (SSSR count). The number of aliphatic hydroxyl groups excluding tert-OH is 10. The largest absolute Gasteiger partial charge is 0.483 e. The lowest BCUT2D eigenvalue weighted by molar-refractivity contribution is -0.382. The van der Waals surface area contributed by atoms with Gasteiger partial charge in [-0.15, -0.1) is 0 Å². The topological polar surface area (TPSA) is 369 Å². The fourth-order valence-electron chi connectivity index (χ4n) is 12.6. The molecule has 4 saturated heterocycles. The zero-order chi connectivity index (χ0) is 78.1. The highest BCUT2D eigenvalue weighted by Gasteiger charge is 2.55. The van der Waals surface area contributed by atoms with E-state index >= 15 is 0 Å². The van der Waals surface area contributed by atoms with Gasteiger partial charge in [-0.05, 0) is 225 Å². The van der Waals surface area contributed by atoms with Gasteiger partial charge in [0.05, 0.1) is 38.1 Å². The fraction of sp³-hybridized carbons (Fsp3) is 0.722. The van der Waals surface area contributed by atoms with E-state index in [1.165, 1.54) is 75.7 Å². The number of hydrogen-bond acceptors (Lipinski definition) is 22. The Morgan fingerprint density at radius 1 is 0.352 bits per heavy atom. The summed E-state index contributed by atoms with van der Waals surface area (Å²) < 4.78 is 79.8. The van der Waals surface area contributed by atoms with E-state index in [1.54, 1.807) is 6.92 Å². The van der Waals surface area contributed by atoms with Gasteiger partial charge in [0.2, 0.25) is 0 Å². The van der Waals surface area contributed by atoms with Crippen molar-refractivity contribution in [1.82, 2.24) is 0 Å². The molecule has 4 heterocycles. The fourth-order valence-corrected chi connectivity index (χ4v) is 14.7. The molecule has 2 unspecified atom stereocenters. The van der Waals surface area contributed by atoms with E-state index in [1.807, 2.05) is 0 Å². The van der Waals surface area contributed by atoms with Crippen LogP contribution in [0.25, 0.3) is 0 Å². The van der Waals surface area contributed by atoms with Gasteiger partial charge in [-0.25, -0.2) is 9.13 Å². The minimum atomic E-state index is -5.71. The molecule has 0 aromatic carbocycles. The van der Waals surface area contributed by atoms with Gasteiger partial charge in [-0.3, -0.25) is 9.05 Å². The van der Waals surface area contributed by atoms with Crippen LogP contribution in [0.3, 0.4) is 0 Å². The normalized spacial score (nSPS) is 31.8. The summed E-state index contributed by atoms with van der Waals surface area (Å²) in [6, 6.07) is 0. The van der Waals surface area contributed by atoms with Gasteiger partial charge in [0.25, 0.3) is 0 Å². The summed E-state index contributed by atoms with van der Waals surface area (Å²) in [5.41, 5.74) is 15.0. The molecule has 21 atom stereocenters. The SMILES string of the molecule is CC(C)=CCC/C(C)=C/CC/C(C)=C/CC/C(C)=C\CC/C(C)=C\CC/C(C)=C\CC/C(C)=C\CC/C(C)=C\CC/C(C)=C\CC/C(C)=C\CC/C(C)=C\COP(=O)(O)OP(=O)(O)O[C@H]1O[C@H](CO)[C@H](O)[C@H](O[C@@H]2O[C@@H](C)[C@H](O[C@H]3O[C@H](CO)[C@@H](O)[C@H](O[C@H]4O[C@H](C)[C@@H](O)C[C@@H]4O)[C@@H]3O)[C@@H](O)[C@H]2O)[C@H]1O. The van der Waals surface area contributed by atoms with Crippen molar-refractivity contribution < 1.29 is 116 Å². The Labute approximate surface area is 625 Å². The van der Waals surface area contributed by atoms with Crippen LogP contribution in [0, 0.1) is 0 Å². The highest BCUT2D eigenvalue weighted by atomic mass is 31.3. The second-order valence-corrected chi connectivity index (χ2v) is 32.6. The van der Waals surface area contributed by atoms with Crippen LogP contribution >= 0.6 is 15.6 Å². The van der Waals surface area contributed by atoms with E-state index < -0.39 is 152 Å². The van der Waals surface area contributed by atoms with E-state index in [9.17, 15) is 70.0 Å². The van der Waals surface area contributed by atoms with E-state index in [0.29, 0.717) is 12.8 Å². The maximum atomic E-state index is 13.2. The minimum Gasteiger partial charge on any atom is -0.394 e. The van der Waals surface area contributed by atoms with Crippen molar-refractivity contribution in [2.45, 2.75) is 348 Å². The first-order valence-corrected chi connectivity index (χ1v) is 40.7. The Bertz CT molecular complexity index is 3050. The molecule has 0 aromatic heterocycles. The maximum Gasteiger partial charge on any atom is 0.483 e. The molecule has 0 amide bonds. The average molecular weight is 1530 g/mol. The lowest BCUT2D eigenvalue weighted by Gasteiger charge is -2.48. The second-order valence-electron chi connectivity index (χ2n) is 29.6. The summed E-state index contributed by atoms with van der Waals surface area (Å²) in [5.74, 6) is 0. The molecule has 4 aliphatic rings. The Morgan fingerprint density at radius 3 is 1.02 bits per heavy atom. The van der Waals surface area contributed by atoms with E-state index in [2.05, 4.69) is 141 Å². The molecular formula is C79H132O24P2. The number of phosphoric ester groups is 2. The van der Waals surface area contributed by atoms with Crippen LogP contribution in [0.4, 0.5) is 0 Å². The van der Waals surface area contributed by atoms with Crippen molar-refractivity contribution >= 4 is 15.6 Å². The zero-order valence-electron chi connectivity index (χ0n) is 65.0. The molecule has 0 spiro atoms. The van der Waals surface area contributed by atoms with Gasteiger partial charge in [0.1, 0.15) is 73.2 Å². The maximum absolute atomic E-state index is 13.2. The quantitative estimate of drug-likeness (QED) is 0.0199. The van der Waals surface area contributed by atoms with Crippen molar-refractivity contribution in [1.29, 1.82) is 0 Å². The molecule has 12 N–H and O–H groups in total. The van der Waals surface area contributed by atoms with Crippen LogP contribution in [-0.2, 0) is 55.6 Å². The first-order valence-electron chi connectivity index (χ1n) is 37.7. The minimum absolute atomic E-state index is 0.158. The Hall–Kier alpha value is -3.28. The molecule has 0 bridgehead atoms. The van der Waals surface area contributed by atoms with Crippen LogP contribution in [0.1, 0.15) is 232 Å². The van der Waals surface area contributed by atoms with Gasteiger partial charge >= 0.3 is 15.6 Å². The molecule has 105 heavy (non-hydrogen) atoms. The highest BCUT2D eigenvalue weighted by Crippen LogP contribution is 2.61. The van der Waals surface area contributed by atoms with Crippen LogP contribution in [-0.4, -0.2) is 197 Å². The van der Waals surface area contributed by atoms with Crippen LogP contribution in [0.2, 0.25) is 0 Å². The average Bonchev–Trinajstić information content (AvgIpc) is 0.782. The molecule has 0 aromatic rings. The molecule has 24 nitrogen and oxygen atoms in total. The predicted octanol–water partition coefficient (Wildman–Crippen LogP) is 12.8. The van der Waals surface area contributed by atoms with Crippen LogP contribution in [0.15, 0.2) is 128 Å². The number of ether oxygens (including phenoxy) is 7. The van der Waals surface area contributed by atoms with Crippen molar-refractivity contribution in [3.63, 3.8) is 0 Å². The van der Waals surface area contributed by atoms with Gasteiger partial charge < -0.3 is 94.0 Å². The molecule has 0 aliphatic carbocycles. The number of hydrogen-bond donors (Lipinski definition) is 12. The summed E-state index contributed by atoms with van der Waals surface area (Å²) in [4.78, 5) is 21.0. The predicted molar refractivity (Wildman–Crippen MR) is 405 cm³/mol. The lowest BCUT2D eigenvalue weighted by Crippen LogP contribution is -2.66. The zero-order valence-corrected chi connectivity index (χ0v) is 66.7. The van der Waals surface area contributed by atoms with E-state index in [4.69, 9.17) is 42.2 Å². The van der Waals surface area contributed by atoms with Crippen molar-refractivity contribution in [3.8, 4) is 0 Å². The highest BCUT2D eigenvalue weighted by molar-refractivity contribution is 7.61. The third kappa shape index (κ3) is 35.3. The smallest absolute Gasteiger partial charge is 0.394 e. The number of aliphatic hydroxyl groups is 10. The first kappa shape index (κ1) is 94.1. The second kappa shape index (κ2) is 48.5. The monoisotopic (exact) mass is 1530 g/mol. The van der Waals surface area contributed by atoms with Crippen molar-refractivity contribution in [3.05, 3.63) is 128 Å². The Balaban J connectivity index is 1.11. The third-order valence-corrected chi connectivity index (χ3v) is 22.1. The summed E-state index contributed by atoms with van der Waals surface area (Å²) in [7, 11) is -11.1. The molecule has 0 radical (unpaired) electrons. The molecule has 4 aliphatic heterocycles. The number of phosphoric acid groups is 2. The Morgan fingerprint density at radius 2 is 0.657 bits per heavy atom. The summed E-state index contributed by atoms with van der Waals surface area (Å²) in [5, 5.41) is 108. The lowest BCUT2D eigenvalue weighted by atomic mass is 9.96. The van der Waals surface area contributed by atoms with Gasteiger partial charge in [-0.2, -0.15) is 4.31 Å². The first-order chi connectivity index (χ1) is 49.5. The summed E-state index contributed by atoms with van der Waals surface area (Å²) >= 11 is 0. The Kier molecular flexibility index (Phi) is 43.5. The van der Waals surface area contributed by atoms with Crippen molar-refractivity contribution in [2.24, 2.45) is 0 Å². The molecule has 602 valence electrons. The standard InChI is InChI=1S/C79H132O24P2/c1-50(2)25-15-26-51(3)27-16-28-52(4)29-17-30-53(5)31-18-32-54(6)33-19-34-55(7)35-20-36-56(8)37-21-38-57(9)39-22-40-58(10)41-23-42-59(11)43-24-44-60(12)45-46-94-104(90,91)103-105(92,93)102-79-72(89)75(68(85)66(49-81)98-79)101-77-70(87)69(86)73(62(14)96-77)99-78-71(88)74(67(84)65(48-80)97-78)100-76-64(83)47-63(82)61(13)95-76/h25,27,29,31,33,35,37,39,41,43,45,61-89H,15-24,26,28,30,32,34,36,38,40,42,44,46-49H2,1-14H3,(H,90,91)(H,92,93)/b51-27+,52-29+,53-31-,54-33-,55-35-,56-37-,57-39-,58-41-,59-43-,60-45-/t61-,62+,63+,64+,65-,66-,67-,68+,69+,70-,71+,72-,73+,74+,75+,76-,77+,78-,79-/m1/s1. The van der Waals surface area contributed by atoms with Gasteiger partial charge in [-0.1, -0.05) is 128 Å².